The van der Waals surface area contributed by atoms with Crippen molar-refractivity contribution in [2.45, 2.75) is 45.3 Å². The zero-order chi connectivity index (χ0) is 21.1. The van der Waals surface area contributed by atoms with E-state index in [1.54, 1.807) is 6.34 Å². The number of benzene rings is 2. The fraction of sp³-hybridized carbons (Fsp3) is 0.400. The minimum Gasteiger partial charge on any atom is -0.330 e. The Morgan fingerprint density at radius 2 is 1.90 bits per heavy atom. The molecule has 1 amide bonds. The number of rotatable bonds is 6. The minimum atomic E-state index is -0.110. The zero-order valence-corrected chi connectivity index (χ0v) is 18.1. The number of hydrogen-bond donors (Lipinski definition) is 0. The van der Waals surface area contributed by atoms with Crippen molar-refractivity contribution in [2.75, 3.05) is 20.1 Å². The molecular formula is C25H30N4O. The van der Waals surface area contributed by atoms with Crippen molar-refractivity contribution in [3.05, 3.63) is 70.8 Å². The first kappa shape index (κ1) is 20.5. The minimum absolute atomic E-state index is 0.110. The molecule has 0 bridgehead atoms. The Balaban J connectivity index is 1.45. The van der Waals surface area contributed by atoms with Gasteiger partial charge in [0, 0.05) is 26.1 Å². The lowest BCUT2D eigenvalue weighted by molar-refractivity contribution is -0.133. The number of aliphatic imine (C=N–C) groups is 2. The van der Waals surface area contributed by atoms with E-state index in [1.807, 2.05) is 4.90 Å². The first-order chi connectivity index (χ1) is 14.5. The fourth-order valence-corrected chi connectivity index (χ4v) is 4.46. The van der Waals surface area contributed by atoms with Crippen LogP contribution in [-0.4, -0.2) is 53.9 Å². The number of carbonyl (C=O) groups is 1. The van der Waals surface area contributed by atoms with Crippen LogP contribution in [-0.2, 0) is 11.3 Å². The van der Waals surface area contributed by atoms with Gasteiger partial charge in [-0.3, -0.25) is 9.79 Å². The summed E-state index contributed by atoms with van der Waals surface area (Å²) in [6.07, 6.45) is 3.01. The van der Waals surface area contributed by atoms with Crippen molar-refractivity contribution >= 4 is 18.0 Å². The van der Waals surface area contributed by atoms with Crippen molar-refractivity contribution in [3.8, 4) is 0 Å². The molecule has 5 heteroatoms. The third-order valence-electron chi connectivity index (χ3n) is 5.95. The van der Waals surface area contributed by atoms with E-state index < -0.39 is 0 Å². The van der Waals surface area contributed by atoms with E-state index in [4.69, 9.17) is 0 Å². The highest BCUT2D eigenvalue weighted by molar-refractivity contribution is 6.05. The van der Waals surface area contributed by atoms with Crippen molar-refractivity contribution in [1.29, 1.82) is 0 Å². The molecule has 2 aliphatic heterocycles. The number of piperidine rings is 1. The molecule has 0 aromatic heterocycles. The first-order valence-electron chi connectivity index (χ1n) is 10.7. The SMILES string of the molecule is Cc1cccc(CN(C)CCC(=O)N2CCC3N=CN=C3C2c2cccc(C)c2)c1. The van der Waals surface area contributed by atoms with Gasteiger partial charge in [-0.1, -0.05) is 59.7 Å². The maximum Gasteiger partial charge on any atom is 0.224 e. The summed E-state index contributed by atoms with van der Waals surface area (Å²) in [4.78, 5) is 26.6. The second-order valence-corrected chi connectivity index (χ2v) is 8.50. The lowest BCUT2D eigenvalue weighted by Crippen LogP contribution is -2.48. The molecule has 2 heterocycles. The van der Waals surface area contributed by atoms with Crippen LogP contribution in [0.1, 0.15) is 41.1 Å². The summed E-state index contributed by atoms with van der Waals surface area (Å²) in [7, 11) is 2.08. The highest BCUT2D eigenvalue weighted by atomic mass is 16.2. The monoisotopic (exact) mass is 402 g/mol. The maximum absolute atomic E-state index is 13.3. The Labute approximate surface area is 179 Å². The summed E-state index contributed by atoms with van der Waals surface area (Å²) >= 11 is 0. The second kappa shape index (κ2) is 8.92. The van der Waals surface area contributed by atoms with Crippen LogP contribution in [0.2, 0.25) is 0 Å². The molecule has 0 saturated carbocycles. The van der Waals surface area contributed by atoms with Crippen LogP contribution in [0.15, 0.2) is 58.5 Å². The molecule has 2 aliphatic rings. The van der Waals surface area contributed by atoms with E-state index in [0.717, 1.165) is 37.3 Å². The van der Waals surface area contributed by atoms with Gasteiger partial charge in [0.15, 0.2) is 0 Å². The third kappa shape index (κ3) is 4.51. The molecule has 30 heavy (non-hydrogen) atoms. The number of fused-ring (bicyclic) bond motifs is 1. The van der Waals surface area contributed by atoms with Crippen LogP contribution < -0.4 is 0 Å². The third-order valence-corrected chi connectivity index (χ3v) is 5.95. The normalized spacial score (nSPS) is 20.4. The van der Waals surface area contributed by atoms with E-state index in [0.29, 0.717) is 6.42 Å². The average Bonchev–Trinajstić information content (AvgIpc) is 3.20. The maximum atomic E-state index is 13.3. The summed E-state index contributed by atoms with van der Waals surface area (Å²) in [5, 5.41) is 0. The van der Waals surface area contributed by atoms with Crippen molar-refractivity contribution < 1.29 is 4.79 Å². The van der Waals surface area contributed by atoms with Crippen LogP contribution >= 0.6 is 0 Å². The number of likely N-dealkylation sites (tertiary alicyclic amines) is 1. The van der Waals surface area contributed by atoms with Crippen LogP contribution in [0.25, 0.3) is 0 Å². The molecular weight excluding hydrogens is 372 g/mol. The van der Waals surface area contributed by atoms with Gasteiger partial charge in [0.1, 0.15) is 6.34 Å². The largest absolute Gasteiger partial charge is 0.330 e. The van der Waals surface area contributed by atoms with Gasteiger partial charge < -0.3 is 9.80 Å². The van der Waals surface area contributed by atoms with Gasteiger partial charge in [-0.15, -0.1) is 0 Å². The van der Waals surface area contributed by atoms with E-state index in [1.165, 1.54) is 16.7 Å². The van der Waals surface area contributed by atoms with E-state index in [2.05, 4.69) is 84.3 Å². The Morgan fingerprint density at radius 1 is 1.13 bits per heavy atom. The lowest BCUT2D eigenvalue weighted by atomic mass is 9.89. The average molecular weight is 403 g/mol. The summed E-state index contributed by atoms with van der Waals surface area (Å²) < 4.78 is 0. The van der Waals surface area contributed by atoms with Crippen LogP contribution in [0, 0.1) is 13.8 Å². The number of nitrogens with zero attached hydrogens (tertiary/aromatic N) is 4. The number of hydrogen-bond acceptors (Lipinski definition) is 4. The highest BCUT2D eigenvalue weighted by Crippen LogP contribution is 2.33. The molecule has 2 aromatic rings. The van der Waals surface area contributed by atoms with E-state index in [9.17, 15) is 4.79 Å². The predicted octanol–water partition coefficient (Wildman–Crippen LogP) is 3.95. The molecule has 0 spiro atoms. The predicted molar refractivity (Wildman–Crippen MR) is 122 cm³/mol. The summed E-state index contributed by atoms with van der Waals surface area (Å²) in [5.74, 6) is 0.186. The van der Waals surface area contributed by atoms with Crippen molar-refractivity contribution in [2.24, 2.45) is 9.98 Å². The first-order valence-corrected chi connectivity index (χ1v) is 10.7. The molecule has 4 rings (SSSR count). The van der Waals surface area contributed by atoms with Gasteiger partial charge in [-0.25, -0.2) is 4.99 Å². The van der Waals surface area contributed by atoms with Gasteiger partial charge in [0.05, 0.1) is 17.8 Å². The molecule has 1 saturated heterocycles. The standard InChI is InChI=1S/C25H30N4O/c1-18-6-4-8-20(14-18)16-28(3)12-11-23(30)29-13-10-22-24(27-17-26-22)25(29)21-9-5-7-19(2)15-21/h4-9,14-15,17,22,25H,10-13,16H2,1-3H3. The zero-order valence-electron chi connectivity index (χ0n) is 18.1. The lowest BCUT2D eigenvalue weighted by Gasteiger charge is -2.39. The molecule has 0 aliphatic carbocycles. The quantitative estimate of drug-likeness (QED) is 0.735. The molecule has 2 unspecified atom stereocenters. The van der Waals surface area contributed by atoms with Crippen molar-refractivity contribution in [3.63, 3.8) is 0 Å². The van der Waals surface area contributed by atoms with Gasteiger partial charge in [0.25, 0.3) is 0 Å². The molecule has 1 fully saturated rings. The Kier molecular flexibility index (Phi) is 6.09. The molecule has 0 radical (unpaired) electrons. The highest BCUT2D eigenvalue weighted by Gasteiger charge is 2.39. The van der Waals surface area contributed by atoms with E-state index >= 15 is 0 Å². The second-order valence-electron chi connectivity index (χ2n) is 8.50. The van der Waals surface area contributed by atoms with Crippen LogP contribution in [0.5, 0.6) is 0 Å². The van der Waals surface area contributed by atoms with Crippen molar-refractivity contribution in [1.82, 2.24) is 9.80 Å². The fourth-order valence-electron chi connectivity index (χ4n) is 4.46. The van der Waals surface area contributed by atoms with Gasteiger partial charge >= 0.3 is 0 Å². The smallest absolute Gasteiger partial charge is 0.224 e. The van der Waals surface area contributed by atoms with Crippen LogP contribution in [0.4, 0.5) is 0 Å². The summed E-state index contributed by atoms with van der Waals surface area (Å²) in [6.45, 7) is 6.50. The molecule has 156 valence electrons. The van der Waals surface area contributed by atoms with Gasteiger partial charge in [0.2, 0.25) is 5.91 Å². The van der Waals surface area contributed by atoms with Gasteiger partial charge in [-0.2, -0.15) is 0 Å². The Bertz CT molecular complexity index is 981. The summed E-state index contributed by atoms with van der Waals surface area (Å²) in [6, 6.07) is 17.0. The Morgan fingerprint density at radius 3 is 2.67 bits per heavy atom. The Hall–Kier alpha value is -2.79. The number of amides is 1. The topological polar surface area (TPSA) is 48.3 Å². The van der Waals surface area contributed by atoms with Gasteiger partial charge in [-0.05, 0) is 38.4 Å². The van der Waals surface area contributed by atoms with Crippen LogP contribution in [0.3, 0.4) is 0 Å². The van der Waals surface area contributed by atoms with E-state index in [-0.39, 0.29) is 18.0 Å². The number of aryl methyl sites for hydroxylation is 2. The molecule has 2 atom stereocenters. The molecule has 0 N–H and O–H groups in total. The number of carbonyl (C=O) groups excluding carboxylic acids is 1. The molecule has 5 nitrogen and oxygen atoms in total. The summed E-state index contributed by atoms with van der Waals surface area (Å²) in [5.41, 5.74) is 5.87. The molecule has 2 aromatic carbocycles.